The Hall–Kier alpha value is -2.25. The van der Waals surface area contributed by atoms with Crippen LogP contribution in [-0.4, -0.2) is 41.6 Å². The van der Waals surface area contributed by atoms with Gasteiger partial charge < -0.3 is 15.3 Å². The van der Waals surface area contributed by atoms with Crippen molar-refractivity contribution in [2.75, 3.05) is 19.6 Å². The fourth-order valence-electron chi connectivity index (χ4n) is 3.00. The number of nitrogens with zero attached hydrogens (tertiary/aromatic N) is 1. The highest BCUT2D eigenvalue weighted by Gasteiger charge is 2.42. The highest BCUT2D eigenvalue weighted by Crippen LogP contribution is 2.32. The van der Waals surface area contributed by atoms with Gasteiger partial charge in [-0.3, -0.25) is 4.79 Å². The second kappa shape index (κ2) is 7.55. The predicted octanol–water partition coefficient (Wildman–Crippen LogP) is 3.71. The molecule has 8 heteroatoms. The molecule has 2 rings (SSSR count). The van der Waals surface area contributed by atoms with E-state index in [0.717, 1.165) is 12.1 Å². The van der Waals surface area contributed by atoms with Gasteiger partial charge in [-0.25, -0.2) is 4.79 Å². The van der Waals surface area contributed by atoms with E-state index in [1.165, 1.54) is 11.0 Å². The van der Waals surface area contributed by atoms with E-state index in [1.807, 2.05) is 0 Å². The van der Waals surface area contributed by atoms with E-state index in [2.05, 4.69) is 5.32 Å². The van der Waals surface area contributed by atoms with Crippen LogP contribution in [0.15, 0.2) is 24.3 Å². The Morgan fingerprint density at radius 3 is 2.65 bits per heavy atom. The van der Waals surface area contributed by atoms with Gasteiger partial charge in [-0.05, 0) is 37.3 Å². The Kier molecular flexibility index (Phi) is 5.83. The number of urea groups is 1. The van der Waals surface area contributed by atoms with Crippen LogP contribution in [0.2, 0.25) is 0 Å². The van der Waals surface area contributed by atoms with Gasteiger partial charge in [-0.15, -0.1) is 0 Å². The highest BCUT2D eigenvalue weighted by atomic mass is 19.4. The molecule has 0 bridgehead atoms. The van der Waals surface area contributed by atoms with Gasteiger partial charge in [0.2, 0.25) is 0 Å². The van der Waals surface area contributed by atoms with Crippen molar-refractivity contribution in [3.8, 4) is 0 Å². The van der Waals surface area contributed by atoms with Crippen molar-refractivity contribution in [2.24, 2.45) is 5.41 Å². The van der Waals surface area contributed by atoms with E-state index in [1.54, 1.807) is 19.9 Å². The van der Waals surface area contributed by atoms with Crippen LogP contribution in [0, 0.1) is 5.41 Å². The fraction of sp³-hybridized carbons (Fsp3) is 0.556. The summed E-state index contributed by atoms with van der Waals surface area (Å²) in [6.45, 7) is 4.24. The third-order valence-electron chi connectivity index (χ3n) is 4.91. The van der Waals surface area contributed by atoms with Crippen molar-refractivity contribution in [1.29, 1.82) is 0 Å². The number of amides is 2. The third kappa shape index (κ3) is 4.68. The Morgan fingerprint density at radius 1 is 1.38 bits per heavy atom. The van der Waals surface area contributed by atoms with Gasteiger partial charge in [0.1, 0.15) is 0 Å². The number of carbonyl (C=O) groups excluding carboxylic acids is 1. The van der Waals surface area contributed by atoms with Crippen LogP contribution in [0.1, 0.15) is 43.7 Å². The van der Waals surface area contributed by atoms with Crippen LogP contribution in [-0.2, 0) is 11.0 Å². The molecule has 1 heterocycles. The van der Waals surface area contributed by atoms with Crippen LogP contribution >= 0.6 is 0 Å². The summed E-state index contributed by atoms with van der Waals surface area (Å²) in [4.78, 5) is 24.8. The van der Waals surface area contributed by atoms with E-state index in [0.29, 0.717) is 31.5 Å². The number of carboxylic acid groups (broad SMARTS) is 1. The average molecular weight is 372 g/mol. The zero-order chi connectivity index (χ0) is 19.5. The summed E-state index contributed by atoms with van der Waals surface area (Å²) in [6, 6.07) is 4.84. The monoisotopic (exact) mass is 372 g/mol. The first-order valence-electron chi connectivity index (χ1n) is 8.46. The Morgan fingerprint density at radius 2 is 2.08 bits per heavy atom. The quantitative estimate of drug-likeness (QED) is 0.828. The summed E-state index contributed by atoms with van der Waals surface area (Å²) in [5.41, 5.74) is -1.05. The van der Waals surface area contributed by atoms with Crippen LogP contribution < -0.4 is 5.32 Å². The molecule has 2 amide bonds. The number of rotatable bonds is 5. The second-order valence-electron chi connectivity index (χ2n) is 7.08. The molecule has 1 aliphatic heterocycles. The zero-order valence-electron chi connectivity index (χ0n) is 14.8. The van der Waals surface area contributed by atoms with E-state index < -0.39 is 23.1 Å². The van der Waals surface area contributed by atoms with Crippen LogP contribution in [0.25, 0.3) is 0 Å². The minimum atomic E-state index is -4.38. The summed E-state index contributed by atoms with van der Waals surface area (Å²) in [5, 5.41) is 11.9. The molecular weight excluding hydrogens is 349 g/mol. The maximum atomic E-state index is 12.8. The van der Waals surface area contributed by atoms with Crippen molar-refractivity contribution < 1.29 is 27.9 Å². The molecule has 1 saturated heterocycles. The van der Waals surface area contributed by atoms with Gasteiger partial charge in [0.15, 0.2) is 0 Å². The molecule has 2 N–H and O–H groups in total. The van der Waals surface area contributed by atoms with E-state index in [9.17, 15) is 27.9 Å². The van der Waals surface area contributed by atoms with Crippen LogP contribution in [0.4, 0.5) is 18.0 Å². The van der Waals surface area contributed by atoms with E-state index >= 15 is 0 Å². The van der Waals surface area contributed by atoms with Gasteiger partial charge in [0.05, 0.1) is 11.0 Å². The summed E-state index contributed by atoms with van der Waals surface area (Å²) in [6.07, 6.45) is -3.50. The van der Waals surface area contributed by atoms with Crippen molar-refractivity contribution in [3.63, 3.8) is 0 Å². The zero-order valence-corrected chi connectivity index (χ0v) is 14.8. The van der Waals surface area contributed by atoms with Crippen molar-refractivity contribution >= 4 is 12.0 Å². The predicted molar refractivity (Wildman–Crippen MR) is 89.8 cm³/mol. The summed E-state index contributed by atoms with van der Waals surface area (Å²) in [7, 11) is 0. The van der Waals surface area contributed by atoms with E-state index in [4.69, 9.17) is 0 Å². The number of halogens is 3. The summed E-state index contributed by atoms with van der Waals surface area (Å²) >= 11 is 0. The van der Waals surface area contributed by atoms with Crippen LogP contribution in [0.3, 0.4) is 0 Å². The normalized spacial score (nSPS) is 21.5. The summed E-state index contributed by atoms with van der Waals surface area (Å²) < 4.78 is 38.3. The lowest BCUT2D eigenvalue weighted by atomic mass is 9.90. The number of aliphatic carboxylic acids is 1. The molecule has 2 atom stereocenters. The first-order valence-corrected chi connectivity index (χ1v) is 8.46. The molecule has 0 spiro atoms. The number of benzene rings is 1. The van der Waals surface area contributed by atoms with Crippen LogP contribution in [0.5, 0.6) is 0 Å². The number of likely N-dealkylation sites (tertiary alicyclic amines) is 1. The number of nitrogens with one attached hydrogen (secondary N) is 1. The van der Waals surface area contributed by atoms with Gasteiger partial charge >= 0.3 is 18.2 Å². The van der Waals surface area contributed by atoms with Gasteiger partial charge in [0.25, 0.3) is 0 Å². The first kappa shape index (κ1) is 20.1. The minimum absolute atomic E-state index is 0.150. The lowest BCUT2D eigenvalue weighted by molar-refractivity contribution is -0.147. The van der Waals surface area contributed by atoms with Crippen molar-refractivity contribution in [2.45, 2.75) is 38.8 Å². The third-order valence-corrected chi connectivity index (χ3v) is 4.91. The van der Waals surface area contributed by atoms with Gasteiger partial charge in [-0.1, -0.05) is 25.1 Å². The molecule has 1 aromatic carbocycles. The lowest BCUT2D eigenvalue weighted by Crippen LogP contribution is -2.41. The molecule has 0 radical (unpaired) electrons. The molecule has 1 aromatic rings. The van der Waals surface area contributed by atoms with E-state index in [-0.39, 0.29) is 18.5 Å². The highest BCUT2D eigenvalue weighted by molar-refractivity contribution is 5.79. The van der Waals surface area contributed by atoms with Crippen molar-refractivity contribution in [3.05, 3.63) is 35.4 Å². The smallest absolute Gasteiger partial charge is 0.416 e. The number of hydrogen-bond acceptors (Lipinski definition) is 2. The number of hydrogen-bond donors (Lipinski definition) is 2. The molecule has 2 unspecified atom stereocenters. The minimum Gasteiger partial charge on any atom is -0.481 e. The molecule has 0 aromatic heterocycles. The average Bonchev–Trinajstić information content (AvgIpc) is 2.98. The Bertz CT molecular complexity index is 678. The SMILES string of the molecule is CC(CCNC(=O)N1CCC(C)(C(=O)O)C1)c1cccc(C(F)(F)F)c1. The molecule has 0 aliphatic carbocycles. The number of carboxylic acids is 1. The molecule has 0 saturated carbocycles. The molecule has 1 aliphatic rings. The first-order chi connectivity index (χ1) is 12.0. The second-order valence-corrected chi connectivity index (χ2v) is 7.08. The standard InChI is InChI=1S/C18H23F3N2O3/c1-12(13-4-3-5-14(10-13)18(19,20)21)6-8-22-16(26)23-9-7-17(2,11-23)15(24)25/h3-5,10,12H,6-9,11H2,1-2H3,(H,22,26)(H,24,25). The summed E-state index contributed by atoms with van der Waals surface area (Å²) in [5.74, 6) is -1.08. The number of carbonyl (C=O) groups is 2. The Balaban J connectivity index is 1.84. The molecule has 1 fully saturated rings. The lowest BCUT2D eigenvalue weighted by Gasteiger charge is -2.21. The molecule has 26 heavy (non-hydrogen) atoms. The van der Waals surface area contributed by atoms with Crippen molar-refractivity contribution in [1.82, 2.24) is 10.2 Å². The van der Waals surface area contributed by atoms with Gasteiger partial charge in [-0.2, -0.15) is 13.2 Å². The maximum absolute atomic E-state index is 12.8. The molecule has 144 valence electrons. The van der Waals surface area contributed by atoms with Gasteiger partial charge in [0, 0.05) is 19.6 Å². The molecule has 5 nitrogen and oxygen atoms in total. The number of alkyl halides is 3. The Labute approximate surface area is 150 Å². The largest absolute Gasteiger partial charge is 0.481 e. The topological polar surface area (TPSA) is 69.6 Å². The molecular formula is C18H23F3N2O3. The fourth-order valence-corrected chi connectivity index (χ4v) is 3.00. The maximum Gasteiger partial charge on any atom is 0.416 e.